The van der Waals surface area contributed by atoms with E-state index in [9.17, 15) is 0 Å². The third kappa shape index (κ3) is 2.47. The standard InChI is InChI=1S/C11H22N2O/c1-11(5-8-13(2)9-11)14-10-3-6-12-7-4-10/h10,12H,3-9H2,1-2H3. The van der Waals surface area contributed by atoms with E-state index in [1.165, 1.54) is 25.8 Å². The molecule has 0 bridgehead atoms. The van der Waals surface area contributed by atoms with Crippen molar-refractivity contribution in [2.45, 2.75) is 37.9 Å². The van der Waals surface area contributed by atoms with Crippen LogP contribution in [0.4, 0.5) is 0 Å². The van der Waals surface area contributed by atoms with Crippen molar-refractivity contribution in [3.63, 3.8) is 0 Å². The van der Waals surface area contributed by atoms with E-state index in [0.717, 1.165) is 19.6 Å². The van der Waals surface area contributed by atoms with E-state index in [1.807, 2.05) is 0 Å². The number of likely N-dealkylation sites (N-methyl/N-ethyl adjacent to an activating group) is 1. The Morgan fingerprint density at radius 2 is 2.07 bits per heavy atom. The van der Waals surface area contributed by atoms with E-state index in [-0.39, 0.29) is 5.60 Å². The summed E-state index contributed by atoms with van der Waals surface area (Å²) in [5.41, 5.74) is 0.122. The van der Waals surface area contributed by atoms with Crippen LogP contribution in [0.3, 0.4) is 0 Å². The first-order valence-electron chi connectivity index (χ1n) is 5.75. The Balaban J connectivity index is 1.83. The summed E-state index contributed by atoms with van der Waals surface area (Å²) in [5, 5.41) is 3.37. The highest BCUT2D eigenvalue weighted by Gasteiger charge is 2.35. The van der Waals surface area contributed by atoms with Crippen molar-refractivity contribution in [3.8, 4) is 0 Å². The minimum absolute atomic E-state index is 0.122. The van der Waals surface area contributed by atoms with Gasteiger partial charge in [-0.15, -0.1) is 0 Å². The number of ether oxygens (including phenoxy) is 1. The molecule has 2 aliphatic rings. The van der Waals surface area contributed by atoms with E-state index in [0.29, 0.717) is 6.10 Å². The molecule has 2 aliphatic heterocycles. The predicted octanol–water partition coefficient (Wildman–Crippen LogP) is 0.849. The highest BCUT2D eigenvalue weighted by molar-refractivity contribution is 4.88. The van der Waals surface area contributed by atoms with E-state index < -0.39 is 0 Å². The molecular weight excluding hydrogens is 176 g/mol. The van der Waals surface area contributed by atoms with Crippen molar-refractivity contribution < 1.29 is 4.74 Å². The number of piperidine rings is 1. The van der Waals surface area contributed by atoms with Crippen molar-refractivity contribution in [1.29, 1.82) is 0 Å². The third-order valence-electron chi connectivity index (χ3n) is 3.36. The fourth-order valence-corrected chi connectivity index (χ4v) is 2.57. The molecule has 0 radical (unpaired) electrons. The van der Waals surface area contributed by atoms with Gasteiger partial charge in [0.15, 0.2) is 0 Å². The Morgan fingerprint density at radius 1 is 1.36 bits per heavy atom. The summed E-state index contributed by atoms with van der Waals surface area (Å²) in [6, 6.07) is 0. The molecule has 0 spiro atoms. The lowest BCUT2D eigenvalue weighted by molar-refractivity contribution is -0.0844. The topological polar surface area (TPSA) is 24.5 Å². The summed E-state index contributed by atoms with van der Waals surface area (Å²) in [6.45, 7) is 6.78. The van der Waals surface area contributed by atoms with Gasteiger partial charge in [-0.3, -0.25) is 0 Å². The Bertz CT molecular complexity index is 192. The van der Waals surface area contributed by atoms with Crippen molar-refractivity contribution >= 4 is 0 Å². The quantitative estimate of drug-likeness (QED) is 0.712. The van der Waals surface area contributed by atoms with E-state index in [2.05, 4.69) is 24.2 Å². The van der Waals surface area contributed by atoms with Crippen molar-refractivity contribution in [1.82, 2.24) is 10.2 Å². The molecule has 0 aromatic heterocycles. The van der Waals surface area contributed by atoms with Gasteiger partial charge in [0.2, 0.25) is 0 Å². The molecule has 82 valence electrons. The Labute approximate surface area is 86.8 Å². The third-order valence-corrected chi connectivity index (χ3v) is 3.36. The normalized spacial score (nSPS) is 36.4. The maximum Gasteiger partial charge on any atom is 0.0796 e. The van der Waals surface area contributed by atoms with Gasteiger partial charge >= 0.3 is 0 Å². The first-order chi connectivity index (χ1) is 6.68. The monoisotopic (exact) mass is 198 g/mol. The van der Waals surface area contributed by atoms with Crippen LogP contribution in [0.2, 0.25) is 0 Å². The van der Waals surface area contributed by atoms with Crippen molar-refractivity contribution in [2.75, 3.05) is 33.2 Å². The molecule has 2 heterocycles. The molecule has 0 aromatic carbocycles. The lowest BCUT2D eigenvalue weighted by Gasteiger charge is -2.32. The molecule has 2 saturated heterocycles. The van der Waals surface area contributed by atoms with E-state index >= 15 is 0 Å². The van der Waals surface area contributed by atoms with Crippen molar-refractivity contribution in [3.05, 3.63) is 0 Å². The van der Waals surface area contributed by atoms with Gasteiger partial charge in [-0.1, -0.05) is 0 Å². The molecule has 0 amide bonds. The number of rotatable bonds is 2. The Kier molecular flexibility index (Phi) is 3.10. The second kappa shape index (κ2) is 4.17. The predicted molar refractivity (Wildman–Crippen MR) is 57.5 cm³/mol. The first kappa shape index (κ1) is 10.4. The fraction of sp³-hybridized carbons (Fsp3) is 1.00. The zero-order chi connectivity index (χ0) is 10.0. The van der Waals surface area contributed by atoms with Crippen molar-refractivity contribution in [2.24, 2.45) is 0 Å². The van der Waals surface area contributed by atoms with Gasteiger partial charge < -0.3 is 15.0 Å². The summed E-state index contributed by atoms with van der Waals surface area (Å²) < 4.78 is 6.23. The second-order valence-electron chi connectivity index (χ2n) is 5.00. The van der Waals surface area contributed by atoms with Gasteiger partial charge in [0.1, 0.15) is 0 Å². The molecule has 3 heteroatoms. The summed E-state index contributed by atoms with van der Waals surface area (Å²) in [5.74, 6) is 0. The van der Waals surface area contributed by atoms with Crippen LogP contribution in [-0.2, 0) is 4.74 Å². The van der Waals surface area contributed by atoms with E-state index in [4.69, 9.17) is 4.74 Å². The lowest BCUT2D eigenvalue weighted by Crippen LogP contribution is -2.41. The highest BCUT2D eigenvalue weighted by Crippen LogP contribution is 2.27. The minimum Gasteiger partial charge on any atom is -0.371 e. The molecule has 1 N–H and O–H groups in total. The van der Waals surface area contributed by atoms with Crippen LogP contribution in [0.25, 0.3) is 0 Å². The SMILES string of the molecule is CN1CCC(C)(OC2CCNCC2)C1. The van der Waals surface area contributed by atoms with E-state index in [1.54, 1.807) is 0 Å². The highest BCUT2D eigenvalue weighted by atomic mass is 16.5. The zero-order valence-corrected chi connectivity index (χ0v) is 9.38. The Hall–Kier alpha value is -0.120. The van der Waals surface area contributed by atoms with Crippen LogP contribution in [0.1, 0.15) is 26.2 Å². The molecule has 3 nitrogen and oxygen atoms in total. The second-order valence-corrected chi connectivity index (χ2v) is 5.00. The largest absolute Gasteiger partial charge is 0.371 e. The summed E-state index contributed by atoms with van der Waals surface area (Å²) in [6.07, 6.45) is 4.04. The first-order valence-corrected chi connectivity index (χ1v) is 5.75. The van der Waals surface area contributed by atoms with Gasteiger partial charge in [0, 0.05) is 13.1 Å². The minimum atomic E-state index is 0.122. The van der Waals surface area contributed by atoms with Gasteiger partial charge in [0.05, 0.1) is 11.7 Å². The molecule has 2 fully saturated rings. The summed E-state index contributed by atoms with van der Waals surface area (Å²) in [7, 11) is 2.18. The van der Waals surface area contributed by atoms with Crippen LogP contribution in [0.5, 0.6) is 0 Å². The molecular formula is C11H22N2O. The molecule has 0 aromatic rings. The number of nitrogens with zero attached hydrogens (tertiary/aromatic N) is 1. The number of hydrogen-bond donors (Lipinski definition) is 1. The molecule has 0 saturated carbocycles. The lowest BCUT2D eigenvalue weighted by atomic mass is 10.0. The summed E-state index contributed by atoms with van der Waals surface area (Å²) >= 11 is 0. The summed E-state index contributed by atoms with van der Waals surface area (Å²) in [4.78, 5) is 2.36. The van der Waals surface area contributed by atoms with Gasteiger partial charge in [-0.25, -0.2) is 0 Å². The molecule has 2 rings (SSSR count). The van der Waals surface area contributed by atoms with Crippen LogP contribution in [-0.4, -0.2) is 49.8 Å². The van der Waals surface area contributed by atoms with Crippen LogP contribution < -0.4 is 5.32 Å². The maximum absolute atomic E-state index is 6.23. The number of likely N-dealkylation sites (tertiary alicyclic amines) is 1. The van der Waals surface area contributed by atoms with Gasteiger partial charge in [0.25, 0.3) is 0 Å². The molecule has 1 unspecified atom stereocenters. The Morgan fingerprint density at radius 3 is 2.64 bits per heavy atom. The van der Waals surface area contributed by atoms with Gasteiger partial charge in [-0.2, -0.15) is 0 Å². The van der Waals surface area contributed by atoms with Gasteiger partial charge in [-0.05, 0) is 46.3 Å². The molecule has 1 atom stereocenters. The maximum atomic E-state index is 6.23. The fourth-order valence-electron chi connectivity index (χ4n) is 2.57. The van der Waals surface area contributed by atoms with Crippen LogP contribution in [0.15, 0.2) is 0 Å². The smallest absolute Gasteiger partial charge is 0.0796 e. The molecule has 14 heavy (non-hydrogen) atoms. The number of nitrogens with one attached hydrogen (secondary N) is 1. The van der Waals surface area contributed by atoms with Crippen LogP contribution >= 0.6 is 0 Å². The average molecular weight is 198 g/mol. The average Bonchev–Trinajstić information content (AvgIpc) is 2.47. The van der Waals surface area contributed by atoms with Crippen LogP contribution in [0, 0.1) is 0 Å². The number of hydrogen-bond acceptors (Lipinski definition) is 3. The zero-order valence-electron chi connectivity index (χ0n) is 9.38. The molecule has 0 aliphatic carbocycles.